The van der Waals surface area contributed by atoms with Crippen molar-refractivity contribution in [3.05, 3.63) is 0 Å². The Labute approximate surface area is 134 Å². The smallest absolute Gasteiger partial charge is 0.363 e. The van der Waals surface area contributed by atoms with Crippen molar-refractivity contribution in [3.63, 3.8) is 0 Å². The summed E-state index contributed by atoms with van der Waals surface area (Å²) in [6.45, 7) is 6.98. The lowest BCUT2D eigenvalue weighted by molar-refractivity contribution is -0.159. The predicted octanol–water partition coefficient (Wildman–Crippen LogP) is 1.94. The zero-order valence-corrected chi connectivity index (χ0v) is 15.6. The van der Waals surface area contributed by atoms with Gasteiger partial charge in [0.25, 0.3) is 10.1 Å². The van der Waals surface area contributed by atoms with E-state index in [1.54, 1.807) is 13.8 Å². The molecule has 22 heavy (non-hydrogen) atoms. The third-order valence-corrected chi connectivity index (χ3v) is 4.43. The molecule has 0 spiro atoms. The Morgan fingerprint density at radius 2 is 1.82 bits per heavy atom. The number of rotatable bonds is 11. The van der Waals surface area contributed by atoms with Crippen molar-refractivity contribution >= 4 is 24.5 Å². The van der Waals surface area contributed by atoms with Gasteiger partial charge in [0.1, 0.15) is 12.5 Å². The lowest BCUT2D eigenvalue weighted by Gasteiger charge is -2.28. The van der Waals surface area contributed by atoms with Crippen molar-refractivity contribution in [2.45, 2.75) is 39.5 Å². The molecule has 0 fully saturated rings. The van der Waals surface area contributed by atoms with E-state index in [-0.39, 0.29) is 19.1 Å². The highest BCUT2D eigenvalue weighted by atomic mass is 32.2. The molecule has 0 aromatic rings. The zero-order chi connectivity index (χ0) is 17.4. The molecule has 0 saturated heterocycles. The third kappa shape index (κ3) is 7.13. The normalized spacial score (nSPS) is 16.5. The van der Waals surface area contributed by atoms with E-state index in [0.29, 0.717) is 6.42 Å². The summed E-state index contributed by atoms with van der Waals surface area (Å²) in [6.07, 6.45) is 1.24. The Morgan fingerprint density at radius 1 is 1.23 bits per heavy atom. The Kier molecular flexibility index (Phi) is 9.31. The van der Waals surface area contributed by atoms with Crippen molar-refractivity contribution in [3.8, 4) is 0 Å². The monoisotopic (exact) mass is 357 g/mol. The fourth-order valence-electron chi connectivity index (χ4n) is 2.02. The molecule has 7 nitrogen and oxygen atoms in total. The molecule has 3 atom stereocenters. The summed E-state index contributed by atoms with van der Waals surface area (Å²) in [5.74, 6) is -1.33. The molecule has 0 rings (SSSR count). The second-order valence-corrected chi connectivity index (χ2v) is 8.02. The number of carbonyl (C=O) groups excluding carboxylic acids is 1. The van der Waals surface area contributed by atoms with Gasteiger partial charge in [-0.05, 0) is 26.2 Å². The van der Waals surface area contributed by atoms with Crippen LogP contribution in [0.25, 0.3) is 0 Å². The molecule has 0 aromatic carbocycles. The first-order valence-corrected chi connectivity index (χ1v) is 9.88. The van der Waals surface area contributed by atoms with Crippen LogP contribution in [-0.4, -0.2) is 45.8 Å². The molecule has 9 heteroatoms. The largest absolute Gasteiger partial charge is 0.466 e. The van der Waals surface area contributed by atoms with Crippen molar-refractivity contribution in [2.75, 3.05) is 26.1 Å². The van der Waals surface area contributed by atoms with E-state index in [2.05, 4.69) is 0 Å². The second kappa shape index (κ2) is 9.55. The van der Waals surface area contributed by atoms with E-state index in [0.717, 1.165) is 6.26 Å². The lowest BCUT2D eigenvalue weighted by atomic mass is 9.91. The third-order valence-electron chi connectivity index (χ3n) is 2.90. The van der Waals surface area contributed by atoms with Crippen LogP contribution >= 0.6 is 8.46 Å². The van der Waals surface area contributed by atoms with E-state index < -0.39 is 42.4 Å². The molecule has 0 amide bonds. The van der Waals surface area contributed by atoms with Crippen LogP contribution in [0.1, 0.15) is 34.1 Å². The molecule has 130 valence electrons. The molecule has 3 unspecified atom stereocenters. The van der Waals surface area contributed by atoms with Crippen LogP contribution < -0.4 is 0 Å². The maximum Gasteiger partial charge on any atom is 0.363 e. The minimum absolute atomic E-state index is 0.101. The van der Waals surface area contributed by atoms with Crippen molar-refractivity contribution < 1.29 is 31.4 Å². The van der Waals surface area contributed by atoms with Crippen LogP contribution in [0.3, 0.4) is 0 Å². The Hall–Kier alpha value is -0.560. The lowest BCUT2D eigenvalue weighted by Crippen LogP contribution is -2.46. The predicted molar refractivity (Wildman–Crippen MR) is 83.7 cm³/mol. The maximum atomic E-state index is 12.2. The van der Waals surface area contributed by atoms with Gasteiger partial charge in [-0.2, -0.15) is 8.42 Å². The van der Waals surface area contributed by atoms with Crippen LogP contribution in [0, 0.1) is 11.8 Å². The summed E-state index contributed by atoms with van der Waals surface area (Å²) >= 11 is 0. The van der Waals surface area contributed by atoms with E-state index in [4.69, 9.17) is 13.7 Å². The van der Waals surface area contributed by atoms with Crippen molar-refractivity contribution in [1.29, 1.82) is 0 Å². The first-order chi connectivity index (χ1) is 10.1. The van der Waals surface area contributed by atoms with Gasteiger partial charge in [0.15, 0.2) is 0 Å². The average Bonchev–Trinajstić information content (AvgIpc) is 2.40. The molecule has 0 radical (unpaired) electrons. The molecule has 0 aliphatic heterocycles. The van der Waals surface area contributed by atoms with Gasteiger partial charge in [0.2, 0.25) is 0 Å². The van der Waals surface area contributed by atoms with Crippen LogP contribution in [-0.2, 0) is 33.1 Å². The van der Waals surface area contributed by atoms with E-state index in [1.165, 1.54) is 0 Å². The summed E-state index contributed by atoms with van der Waals surface area (Å²) in [4.78, 5) is 12.2. The molecule has 0 aromatic heterocycles. The van der Waals surface area contributed by atoms with Crippen LogP contribution in [0.15, 0.2) is 0 Å². The van der Waals surface area contributed by atoms with Crippen molar-refractivity contribution in [1.82, 2.24) is 0 Å². The summed E-state index contributed by atoms with van der Waals surface area (Å²) in [5.41, 5.74) is 0. The minimum Gasteiger partial charge on any atom is -0.466 e. The van der Waals surface area contributed by atoms with Gasteiger partial charge in [0.05, 0.1) is 12.9 Å². The van der Waals surface area contributed by atoms with E-state index in [1.807, 2.05) is 13.8 Å². The van der Waals surface area contributed by atoms with Gasteiger partial charge in [-0.25, -0.2) is 0 Å². The first kappa shape index (κ1) is 21.4. The van der Waals surface area contributed by atoms with Crippen LogP contribution in [0.2, 0.25) is 0 Å². The SMILES string of the molecule is CCOC(=O)C(CC(C)C)C(COS(C)(=O)=O)(OCC)[PH+]=O. The van der Waals surface area contributed by atoms with Gasteiger partial charge >= 0.3 is 19.8 Å². The summed E-state index contributed by atoms with van der Waals surface area (Å²) in [6, 6.07) is 0. The first-order valence-electron chi connectivity index (χ1n) is 7.16. The number of carbonyl (C=O) groups is 1. The van der Waals surface area contributed by atoms with E-state index in [9.17, 15) is 17.8 Å². The minimum atomic E-state index is -3.75. The molecule has 0 saturated carbocycles. The van der Waals surface area contributed by atoms with Gasteiger partial charge in [0, 0.05) is 6.61 Å². The summed E-state index contributed by atoms with van der Waals surface area (Å²) < 4.78 is 49.6. The fraction of sp³-hybridized carbons (Fsp3) is 0.923. The fourth-order valence-corrected chi connectivity index (χ4v) is 3.22. The topological polar surface area (TPSA) is 96.0 Å². The van der Waals surface area contributed by atoms with Gasteiger partial charge in [-0.1, -0.05) is 18.4 Å². The highest BCUT2D eigenvalue weighted by Gasteiger charge is 2.54. The van der Waals surface area contributed by atoms with Gasteiger partial charge in [-0.15, -0.1) is 0 Å². The standard InChI is InChI=1S/C13H25O7PS/c1-6-18-12(14)11(8-10(3)4)13(21-15,19-7-2)9-20-22(5,16)17/h10-11H,6-9H2,1-5H3/p+1. The highest BCUT2D eigenvalue weighted by Crippen LogP contribution is 2.38. The van der Waals surface area contributed by atoms with E-state index >= 15 is 0 Å². The van der Waals surface area contributed by atoms with Gasteiger partial charge < -0.3 is 9.47 Å². The molecule has 0 aliphatic rings. The Morgan fingerprint density at radius 3 is 2.18 bits per heavy atom. The van der Waals surface area contributed by atoms with Crippen LogP contribution in [0.4, 0.5) is 0 Å². The number of hydrogen-bond donors (Lipinski definition) is 0. The highest BCUT2D eigenvalue weighted by molar-refractivity contribution is 7.86. The Balaban J connectivity index is 5.60. The molecule has 0 N–H and O–H groups in total. The number of ether oxygens (including phenoxy) is 2. The average molecular weight is 357 g/mol. The molecule has 0 aliphatic carbocycles. The number of esters is 1. The number of hydrogen-bond acceptors (Lipinski definition) is 7. The molecular weight excluding hydrogens is 331 g/mol. The maximum absolute atomic E-state index is 12.2. The van der Waals surface area contributed by atoms with Crippen molar-refractivity contribution in [2.24, 2.45) is 11.8 Å². The molecular formula is C13H26O7PS+. The Bertz CT molecular complexity index is 463. The summed E-state index contributed by atoms with van der Waals surface area (Å²) in [7, 11) is -4.83. The molecule has 0 bridgehead atoms. The zero-order valence-electron chi connectivity index (χ0n) is 13.7. The van der Waals surface area contributed by atoms with Gasteiger partial charge in [-0.3, -0.25) is 8.98 Å². The summed E-state index contributed by atoms with van der Waals surface area (Å²) in [5, 5.41) is -1.53. The second-order valence-electron chi connectivity index (χ2n) is 5.33. The van der Waals surface area contributed by atoms with Crippen LogP contribution in [0.5, 0.6) is 0 Å². The quantitative estimate of drug-likeness (QED) is 0.317. The molecule has 0 heterocycles.